The second-order valence-electron chi connectivity index (χ2n) is 19.4. The number of carbonyl (C=O) groups excluding carboxylic acids is 5. The normalized spacial score (nSPS) is 30.0. The van der Waals surface area contributed by atoms with Crippen molar-refractivity contribution in [2.45, 2.75) is 144 Å². The molecule has 2 bridgehead atoms. The number of imide groups is 1. The van der Waals surface area contributed by atoms with Crippen LogP contribution in [0.2, 0.25) is 10.0 Å². The monoisotopic (exact) mass is 906 g/mol. The van der Waals surface area contributed by atoms with Crippen LogP contribution in [-0.4, -0.2) is 64.1 Å². The van der Waals surface area contributed by atoms with Crippen LogP contribution in [0.25, 0.3) is 0 Å². The van der Waals surface area contributed by atoms with Gasteiger partial charge in [-0.25, -0.2) is 4.39 Å². The molecule has 2 spiro atoms. The Kier molecular flexibility index (Phi) is 11.2. The second kappa shape index (κ2) is 16.6. The summed E-state index contributed by atoms with van der Waals surface area (Å²) in [6.07, 6.45) is 10.0. The summed E-state index contributed by atoms with van der Waals surface area (Å²) in [5.74, 6) is 4.14. The van der Waals surface area contributed by atoms with Gasteiger partial charge in [0.15, 0.2) is 0 Å². The maximum atomic E-state index is 16.4. The Labute approximate surface area is 382 Å². The molecule has 8 aliphatic rings. The molecule has 14 heteroatoms. The Morgan fingerprint density at radius 2 is 1.66 bits per heavy atom. The van der Waals surface area contributed by atoms with E-state index in [1.54, 1.807) is 24.3 Å². The first-order valence-corrected chi connectivity index (χ1v) is 23.7. The van der Waals surface area contributed by atoms with Crippen molar-refractivity contribution in [1.29, 1.82) is 0 Å². The largest absolute Gasteiger partial charge is 0.356 e. The molecular weight excluding hydrogens is 854 g/mol. The number of anilines is 1. The fourth-order valence-electron chi connectivity index (χ4n) is 12.8. The lowest BCUT2D eigenvalue weighted by Gasteiger charge is -2.53. The number of carbonyl (C=O) groups is 5. The number of fused-ring (bicyclic) bond motifs is 7. The minimum absolute atomic E-state index is 0.0515. The van der Waals surface area contributed by atoms with Gasteiger partial charge in [-0.2, -0.15) is 0 Å². The van der Waals surface area contributed by atoms with Gasteiger partial charge in [-0.3, -0.25) is 39.5 Å². The molecule has 11 nitrogen and oxygen atoms in total. The molecule has 4 heterocycles. The third kappa shape index (κ3) is 7.04. The van der Waals surface area contributed by atoms with Crippen molar-refractivity contribution in [2.24, 2.45) is 5.41 Å². The van der Waals surface area contributed by atoms with E-state index in [0.717, 1.165) is 36.0 Å². The van der Waals surface area contributed by atoms with Crippen molar-refractivity contribution in [3.8, 4) is 11.8 Å². The molecule has 334 valence electrons. The van der Waals surface area contributed by atoms with Gasteiger partial charge in [0.2, 0.25) is 29.5 Å². The zero-order valence-corrected chi connectivity index (χ0v) is 37.3. The highest BCUT2D eigenvalue weighted by Gasteiger charge is 2.72. The van der Waals surface area contributed by atoms with Crippen LogP contribution in [-0.2, 0) is 42.5 Å². The van der Waals surface area contributed by atoms with Crippen LogP contribution in [0.1, 0.15) is 130 Å². The molecule has 5 amide bonds. The molecule has 11 rings (SSSR count). The Morgan fingerprint density at radius 3 is 2.42 bits per heavy atom. The molecule has 0 radical (unpaired) electrons. The van der Waals surface area contributed by atoms with E-state index >= 15 is 9.18 Å². The van der Waals surface area contributed by atoms with Gasteiger partial charge in [0.05, 0.1) is 17.1 Å². The number of benzene rings is 3. The van der Waals surface area contributed by atoms with E-state index in [2.05, 4.69) is 49.4 Å². The van der Waals surface area contributed by atoms with Crippen molar-refractivity contribution >= 4 is 58.4 Å². The van der Waals surface area contributed by atoms with Gasteiger partial charge < -0.3 is 16.0 Å². The number of unbranched alkanes of at least 4 members (excludes halogenated alkanes) is 1. The smallest absolute Gasteiger partial charge is 0.243 e. The summed E-state index contributed by atoms with van der Waals surface area (Å²) in [6.45, 7) is 1.77. The molecule has 4 aliphatic carbocycles. The number of halogens is 3. The van der Waals surface area contributed by atoms with E-state index in [0.29, 0.717) is 113 Å². The van der Waals surface area contributed by atoms with Crippen LogP contribution in [0.3, 0.4) is 0 Å². The fourth-order valence-corrected chi connectivity index (χ4v) is 13.2. The summed E-state index contributed by atoms with van der Waals surface area (Å²) in [7, 11) is 0. The third-order valence-electron chi connectivity index (χ3n) is 16.1. The molecule has 2 saturated heterocycles. The molecule has 1 unspecified atom stereocenters. The minimum atomic E-state index is -1.31. The molecule has 6 fully saturated rings. The number of hydrogen-bond acceptors (Lipinski definition) is 7. The van der Waals surface area contributed by atoms with Crippen molar-refractivity contribution < 1.29 is 28.4 Å². The van der Waals surface area contributed by atoms with Crippen LogP contribution >= 0.6 is 23.2 Å². The lowest BCUT2D eigenvalue weighted by Crippen LogP contribution is -2.62. The zero-order valence-electron chi connectivity index (χ0n) is 35.8. The lowest BCUT2D eigenvalue weighted by molar-refractivity contribution is -0.140. The first kappa shape index (κ1) is 43.1. The molecule has 64 heavy (non-hydrogen) atoms. The zero-order chi connectivity index (χ0) is 44.4. The topological polar surface area (TPSA) is 149 Å². The van der Waals surface area contributed by atoms with Crippen molar-refractivity contribution in [1.82, 2.24) is 26.2 Å². The van der Waals surface area contributed by atoms with Crippen molar-refractivity contribution in [3.63, 3.8) is 0 Å². The van der Waals surface area contributed by atoms with Gasteiger partial charge in [0.25, 0.3) is 0 Å². The molecule has 0 aromatic heterocycles. The highest BCUT2D eigenvalue weighted by atomic mass is 35.5. The minimum Gasteiger partial charge on any atom is -0.356 e. The van der Waals surface area contributed by atoms with E-state index < -0.39 is 39.7 Å². The number of rotatable bonds is 8. The van der Waals surface area contributed by atoms with Crippen LogP contribution in [0.15, 0.2) is 54.6 Å². The van der Waals surface area contributed by atoms with Crippen LogP contribution < -0.4 is 26.6 Å². The Morgan fingerprint density at radius 1 is 0.891 bits per heavy atom. The number of hydrogen-bond donors (Lipinski definition) is 5. The van der Waals surface area contributed by atoms with Crippen molar-refractivity contribution in [3.05, 3.63) is 98.3 Å². The maximum Gasteiger partial charge on any atom is 0.243 e. The van der Waals surface area contributed by atoms with Gasteiger partial charge in [-0.05, 0) is 111 Å². The highest BCUT2D eigenvalue weighted by molar-refractivity contribution is 6.31. The summed E-state index contributed by atoms with van der Waals surface area (Å²) in [5.41, 5.74) is 1.58. The summed E-state index contributed by atoms with van der Waals surface area (Å²) in [4.78, 5) is 69.9. The molecule has 3 aromatic rings. The summed E-state index contributed by atoms with van der Waals surface area (Å²) in [5, 5.41) is 16.4. The van der Waals surface area contributed by atoms with Gasteiger partial charge in [0.1, 0.15) is 11.2 Å². The van der Waals surface area contributed by atoms with Crippen LogP contribution in [0.4, 0.5) is 10.1 Å². The number of nitrogens with one attached hydrogen (secondary N) is 5. The average molecular weight is 908 g/mol. The second-order valence-corrected chi connectivity index (χ2v) is 20.2. The Bertz CT molecular complexity index is 2510. The van der Waals surface area contributed by atoms with E-state index in [9.17, 15) is 19.2 Å². The quantitative estimate of drug-likeness (QED) is 0.0924. The predicted octanol–water partition coefficient (Wildman–Crippen LogP) is 7.06. The van der Waals surface area contributed by atoms with E-state index in [4.69, 9.17) is 23.2 Å². The number of amides is 5. The summed E-state index contributed by atoms with van der Waals surface area (Å²) >= 11 is 12.9. The molecule has 4 saturated carbocycles. The highest BCUT2D eigenvalue weighted by Crippen LogP contribution is 2.63. The Balaban J connectivity index is 0.794. The molecule has 4 aliphatic heterocycles. The molecule has 3 aromatic carbocycles. The SMILES string of the molecule is O=C1CCC(N2Cc3cccc(C#CCCCNC(=O)C45CCC(NC(=O)[C@@H]6NC7(CCCCC7)[C@@]7(C(=O)Nc8cc(Cl)ccc87)[C@H]6c6cccc(Cl)c6F)(CC4)CC5)c3C2)C(=O)N1. The number of nitrogens with zero attached hydrogens (tertiary/aromatic N) is 1. The van der Waals surface area contributed by atoms with Gasteiger partial charge in [-0.15, -0.1) is 0 Å². The summed E-state index contributed by atoms with van der Waals surface area (Å²) < 4.78 is 16.4. The maximum absolute atomic E-state index is 16.4. The lowest BCUT2D eigenvalue weighted by atomic mass is 9.55. The van der Waals surface area contributed by atoms with Crippen LogP contribution in [0.5, 0.6) is 0 Å². The van der Waals surface area contributed by atoms with E-state index in [1.807, 2.05) is 18.2 Å². The van der Waals surface area contributed by atoms with Gasteiger partial charge in [0, 0.05) is 71.2 Å². The van der Waals surface area contributed by atoms with Crippen LogP contribution in [0, 0.1) is 23.1 Å². The third-order valence-corrected chi connectivity index (χ3v) is 16.6. The van der Waals surface area contributed by atoms with Crippen molar-refractivity contribution in [2.75, 3.05) is 11.9 Å². The van der Waals surface area contributed by atoms with Gasteiger partial charge in [-0.1, -0.05) is 84.6 Å². The molecule has 5 N–H and O–H groups in total. The fraction of sp³-hybridized carbons (Fsp3) is 0.500. The standard InChI is InChI=1S/C50H53Cl2FN6O5/c51-32-14-15-35-37(27-32)55-46(64)50(35)40(33-12-8-13-36(52)41(33)53)42(57-49(50)18-4-2-5-19-49)44(62)58-48-23-20-47(21-24-48,22-25-48)45(63)54-26-6-1-3-9-30-10-7-11-31-28-59(29-34(30)31)38-16-17-39(60)56-43(38)61/h7-8,10-15,27,38,40,42,57H,1-2,4-6,16-26,28-29H2,(H,54,63)(H,55,64)(H,58,62)(H,56,60,61)/t38?,40-,42+,47?,48?,50+/m0/s1. The first-order chi connectivity index (χ1) is 30.9. The summed E-state index contributed by atoms with van der Waals surface area (Å²) in [6, 6.07) is 15.0. The molecule has 4 atom stereocenters. The van der Waals surface area contributed by atoms with E-state index in [-0.39, 0.29) is 46.2 Å². The molecular formula is C50H53Cl2FN6O5. The van der Waals surface area contributed by atoms with Gasteiger partial charge >= 0.3 is 0 Å². The predicted molar refractivity (Wildman–Crippen MR) is 241 cm³/mol. The number of piperidine rings is 1. The first-order valence-electron chi connectivity index (χ1n) is 23.0. The average Bonchev–Trinajstić information content (AvgIpc) is 3.94. The Hall–Kier alpha value is -4.80. The van der Waals surface area contributed by atoms with E-state index in [1.165, 1.54) is 6.07 Å².